The highest BCUT2D eigenvalue weighted by molar-refractivity contribution is 7.52. The minimum absolute atomic E-state index is 0.0615. The van der Waals surface area contributed by atoms with Crippen molar-refractivity contribution in [3.63, 3.8) is 0 Å². The fraction of sp³-hybridized carbons (Fsp3) is 0.500. The molecular weight excluding hydrogens is 659 g/mol. The number of nitrogens with two attached hydrogens (primary N) is 1. The van der Waals surface area contributed by atoms with E-state index in [1.807, 2.05) is 6.07 Å². The van der Waals surface area contributed by atoms with Crippen molar-refractivity contribution in [1.29, 1.82) is 5.26 Å². The maximum absolute atomic E-state index is 14.4. The van der Waals surface area contributed by atoms with Gasteiger partial charge in [0, 0.05) is 26.6 Å². The quantitative estimate of drug-likeness (QED) is 0.0844. The van der Waals surface area contributed by atoms with Crippen LogP contribution >= 0.6 is 7.75 Å². The molecule has 1 saturated heterocycles. The highest BCUT2D eigenvalue weighted by atomic mass is 31.2. The molecule has 16 nitrogen and oxygen atoms in total. The molecule has 49 heavy (non-hydrogen) atoms. The van der Waals surface area contributed by atoms with E-state index in [1.54, 1.807) is 37.3 Å². The first kappa shape index (κ1) is 37.3. The van der Waals surface area contributed by atoms with Crippen molar-refractivity contribution < 1.29 is 46.9 Å². The third-order valence-electron chi connectivity index (χ3n) is 7.97. The number of para-hydroxylation sites is 1. The first-order chi connectivity index (χ1) is 23.4. The van der Waals surface area contributed by atoms with Crippen LogP contribution in [-0.4, -0.2) is 78.7 Å². The Bertz CT molecular complexity index is 1640. The molecule has 1 unspecified atom stereocenters. The summed E-state index contributed by atoms with van der Waals surface area (Å²) in [7, 11) is -3.05. The van der Waals surface area contributed by atoms with Crippen LogP contribution in [0.2, 0.25) is 0 Å². The standard InChI is InChI=1S/C32H41N6O10P/c1-6-25(39)45-28-27(23-16-17-24(30(34)35-4)38(23)36-5)47-32(18-33,29(28)46-26(40)7-2)19-43-49(42,48-22-12-9-8-10-13-22)37-20(3)31(41)44-21-14-11-15-21/h8-10,12-13,16-17,20-21,27-29H,5-7,11,14-15,19H2,1-4H3,(H2,34,35)(H,37,42)/t20-,27-,28-,29-,32+,49?/m0/s1. The molecule has 2 heterocycles. The minimum atomic E-state index is -4.53. The van der Waals surface area contributed by atoms with Gasteiger partial charge in [0.2, 0.25) is 5.60 Å². The van der Waals surface area contributed by atoms with E-state index in [9.17, 15) is 24.2 Å². The van der Waals surface area contributed by atoms with Crippen LogP contribution in [-0.2, 0) is 42.4 Å². The Hall–Kier alpha value is -4.55. The average Bonchev–Trinajstić information content (AvgIpc) is 3.64. The predicted molar refractivity (Wildman–Crippen MR) is 175 cm³/mol. The van der Waals surface area contributed by atoms with Crippen molar-refractivity contribution in [2.45, 2.75) is 88.9 Å². The Morgan fingerprint density at radius 3 is 2.39 bits per heavy atom. The molecule has 1 saturated carbocycles. The first-order valence-corrected chi connectivity index (χ1v) is 17.3. The molecule has 264 valence electrons. The van der Waals surface area contributed by atoms with Gasteiger partial charge in [0.1, 0.15) is 48.2 Å². The minimum Gasteiger partial charge on any atom is -0.461 e. The zero-order chi connectivity index (χ0) is 35.8. The molecule has 0 radical (unpaired) electrons. The van der Waals surface area contributed by atoms with E-state index < -0.39 is 62.2 Å². The number of aliphatic imine (C=N–C) groups is 1. The summed E-state index contributed by atoms with van der Waals surface area (Å²) >= 11 is 0. The Morgan fingerprint density at radius 2 is 1.82 bits per heavy atom. The third-order valence-corrected chi connectivity index (χ3v) is 9.59. The number of hydrogen-bond donors (Lipinski definition) is 2. The zero-order valence-electron chi connectivity index (χ0n) is 27.8. The second kappa shape index (κ2) is 16.2. The smallest absolute Gasteiger partial charge is 0.459 e. The number of nitriles is 1. The summed E-state index contributed by atoms with van der Waals surface area (Å²) in [5, 5.41) is 17.3. The van der Waals surface area contributed by atoms with Crippen LogP contribution in [0.15, 0.2) is 52.6 Å². The van der Waals surface area contributed by atoms with Gasteiger partial charge in [0.15, 0.2) is 12.2 Å². The molecule has 4 rings (SSSR count). The van der Waals surface area contributed by atoms with Gasteiger partial charge in [-0.05, 0) is 50.5 Å². The molecule has 0 amide bonds. The molecule has 2 fully saturated rings. The molecule has 1 aromatic heterocycles. The molecule has 1 aliphatic carbocycles. The van der Waals surface area contributed by atoms with Gasteiger partial charge in [-0.25, -0.2) is 9.24 Å². The van der Waals surface area contributed by atoms with Crippen LogP contribution in [0, 0.1) is 11.3 Å². The van der Waals surface area contributed by atoms with Gasteiger partial charge in [0.05, 0.1) is 5.69 Å². The molecule has 1 aromatic carbocycles. The lowest BCUT2D eigenvalue weighted by Crippen LogP contribution is -2.49. The van der Waals surface area contributed by atoms with Crippen molar-refractivity contribution in [3.8, 4) is 11.8 Å². The lowest BCUT2D eigenvalue weighted by molar-refractivity contribution is -0.169. The van der Waals surface area contributed by atoms with Crippen molar-refractivity contribution in [1.82, 2.24) is 9.76 Å². The lowest BCUT2D eigenvalue weighted by Gasteiger charge is -2.31. The van der Waals surface area contributed by atoms with Gasteiger partial charge in [-0.3, -0.25) is 23.9 Å². The zero-order valence-corrected chi connectivity index (χ0v) is 28.7. The van der Waals surface area contributed by atoms with Crippen LogP contribution in [0.5, 0.6) is 5.75 Å². The molecular formula is C32H41N6O10P. The summed E-state index contributed by atoms with van der Waals surface area (Å²) in [6, 6.07) is 12.0. The molecule has 0 spiro atoms. The van der Waals surface area contributed by atoms with Crippen LogP contribution in [0.4, 0.5) is 0 Å². The number of ether oxygens (including phenoxy) is 4. The molecule has 2 aromatic rings. The van der Waals surface area contributed by atoms with Gasteiger partial charge >= 0.3 is 25.7 Å². The van der Waals surface area contributed by atoms with Crippen LogP contribution in [0.1, 0.15) is 70.4 Å². The summed E-state index contributed by atoms with van der Waals surface area (Å²) in [6.45, 7) is 7.27. The van der Waals surface area contributed by atoms with Crippen molar-refractivity contribution >= 4 is 38.2 Å². The predicted octanol–water partition coefficient (Wildman–Crippen LogP) is 3.54. The van der Waals surface area contributed by atoms with E-state index in [1.165, 1.54) is 37.7 Å². The van der Waals surface area contributed by atoms with E-state index in [2.05, 4.69) is 21.9 Å². The van der Waals surface area contributed by atoms with Crippen molar-refractivity contribution in [2.75, 3.05) is 13.7 Å². The molecule has 17 heteroatoms. The number of carbonyl (C=O) groups is 3. The monoisotopic (exact) mass is 700 g/mol. The highest BCUT2D eigenvalue weighted by Crippen LogP contribution is 2.50. The average molecular weight is 701 g/mol. The van der Waals surface area contributed by atoms with Crippen LogP contribution in [0.3, 0.4) is 0 Å². The Morgan fingerprint density at radius 1 is 1.14 bits per heavy atom. The molecule has 6 atom stereocenters. The van der Waals surface area contributed by atoms with Gasteiger partial charge in [-0.15, -0.1) is 0 Å². The highest BCUT2D eigenvalue weighted by Gasteiger charge is 2.62. The largest absolute Gasteiger partial charge is 0.461 e. The van der Waals surface area contributed by atoms with Gasteiger partial charge in [-0.2, -0.15) is 15.5 Å². The number of nitrogens with one attached hydrogen (secondary N) is 1. The maximum atomic E-state index is 14.4. The SMILES string of the molecule is C=Nn1c(/C(N)=N\C)ccc1[C@@H]1O[C@](C#N)(COP(=O)(N[C@@H](C)C(=O)OC2CCC2)Oc2ccccc2)[C@@H](OC(=O)CC)[C@H]1OC(=O)CC. The number of rotatable bonds is 16. The van der Waals surface area contributed by atoms with Crippen LogP contribution < -0.4 is 15.3 Å². The number of nitrogens with zero attached hydrogens (tertiary/aromatic N) is 4. The fourth-order valence-corrected chi connectivity index (χ4v) is 6.58. The third kappa shape index (κ3) is 8.55. The number of aromatic nitrogens is 1. The summed E-state index contributed by atoms with van der Waals surface area (Å²) in [5.41, 5.74) is 4.34. The Kier molecular flexibility index (Phi) is 12.3. The summed E-state index contributed by atoms with van der Waals surface area (Å²) in [6.07, 6.45) is -2.36. The normalized spacial score (nSPS) is 24.1. The van der Waals surface area contributed by atoms with E-state index in [-0.39, 0.29) is 36.2 Å². The summed E-state index contributed by atoms with van der Waals surface area (Å²) in [4.78, 5) is 42.3. The number of esters is 3. The first-order valence-electron chi connectivity index (χ1n) is 15.8. The second-order valence-corrected chi connectivity index (χ2v) is 13.0. The Labute approximate surface area is 284 Å². The molecule has 2 aliphatic rings. The van der Waals surface area contributed by atoms with E-state index in [0.717, 1.165) is 19.3 Å². The van der Waals surface area contributed by atoms with Crippen LogP contribution in [0.25, 0.3) is 0 Å². The van der Waals surface area contributed by atoms with Gasteiger partial charge in [0.25, 0.3) is 0 Å². The molecule has 3 N–H and O–H groups in total. The van der Waals surface area contributed by atoms with Gasteiger partial charge in [-0.1, -0.05) is 32.0 Å². The maximum Gasteiger partial charge on any atom is 0.459 e. The number of hydrogen-bond acceptors (Lipinski definition) is 13. The van der Waals surface area contributed by atoms with Crippen molar-refractivity contribution in [3.05, 3.63) is 53.9 Å². The molecule has 1 aliphatic heterocycles. The summed E-state index contributed by atoms with van der Waals surface area (Å²) in [5.74, 6) is -1.90. The topological polar surface area (TPSA) is 215 Å². The van der Waals surface area contributed by atoms with E-state index in [0.29, 0.717) is 5.69 Å². The Balaban J connectivity index is 1.75. The van der Waals surface area contributed by atoms with Crippen molar-refractivity contribution in [2.24, 2.45) is 15.8 Å². The fourth-order valence-electron chi connectivity index (χ4n) is 5.06. The second-order valence-electron chi connectivity index (χ2n) is 11.3. The lowest BCUT2D eigenvalue weighted by atomic mass is 9.95. The molecule has 0 bridgehead atoms. The summed E-state index contributed by atoms with van der Waals surface area (Å²) < 4.78 is 50.5. The number of amidine groups is 1. The van der Waals surface area contributed by atoms with E-state index in [4.69, 9.17) is 33.7 Å². The van der Waals surface area contributed by atoms with E-state index >= 15 is 0 Å². The number of carbonyl (C=O) groups excluding carboxylic acids is 3. The number of benzene rings is 1. The van der Waals surface area contributed by atoms with Gasteiger partial charge < -0.3 is 29.2 Å².